The molecule has 1 amide bonds. The van der Waals surface area contributed by atoms with Crippen molar-refractivity contribution in [2.24, 2.45) is 5.92 Å². The molecule has 3 N–H and O–H groups in total. The van der Waals surface area contributed by atoms with E-state index in [1.807, 2.05) is 0 Å². The second kappa shape index (κ2) is 6.25. The lowest BCUT2D eigenvalue weighted by Crippen LogP contribution is -2.48. The summed E-state index contributed by atoms with van der Waals surface area (Å²) in [7, 11) is 0. The molecule has 0 aromatic heterocycles. The minimum atomic E-state index is -1.22. The molecule has 0 spiro atoms. The van der Waals surface area contributed by atoms with Gasteiger partial charge in [-0.05, 0) is 12.1 Å². The zero-order valence-electron chi connectivity index (χ0n) is 10.6. The Kier molecular flexibility index (Phi) is 4.64. The first-order chi connectivity index (χ1) is 9.50. The third-order valence-electron chi connectivity index (χ3n) is 3.22. The van der Waals surface area contributed by atoms with Crippen LogP contribution in [0.15, 0.2) is 18.2 Å². The first kappa shape index (κ1) is 14.8. The molecule has 110 valence electrons. The van der Waals surface area contributed by atoms with Gasteiger partial charge in [-0.25, -0.2) is 8.78 Å². The van der Waals surface area contributed by atoms with Crippen molar-refractivity contribution in [1.29, 1.82) is 0 Å². The number of aliphatic hydroxyl groups excluding tert-OH is 2. The molecule has 20 heavy (non-hydrogen) atoms. The van der Waals surface area contributed by atoms with Gasteiger partial charge in [0.1, 0.15) is 6.10 Å². The third kappa shape index (κ3) is 3.12. The van der Waals surface area contributed by atoms with Crippen LogP contribution in [0.2, 0.25) is 0 Å². The van der Waals surface area contributed by atoms with E-state index in [0.29, 0.717) is 0 Å². The predicted octanol–water partition coefficient (Wildman–Crippen LogP) is 0.0628. The van der Waals surface area contributed by atoms with E-state index in [-0.39, 0.29) is 19.8 Å². The number of ether oxygens (including phenoxy) is 1. The molecule has 0 bridgehead atoms. The number of rotatable bonds is 3. The zero-order valence-corrected chi connectivity index (χ0v) is 10.6. The molecule has 0 saturated carbocycles. The third-order valence-corrected chi connectivity index (χ3v) is 3.22. The number of nitrogens with one attached hydrogen (secondary N) is 1. The van der Waals surface area contributed by atoms with E-state index in [1.165, 1.54) is 6.07 Å². The van der Waals surface area contributed by atoms with Gasteiger partial charge >= 0.3 is 0 Å². The summed E-state index contributed by atoms with van der Waals surface area (Å²) < 4.78 is 31.5. The molecule has 0 unspecified atom stereocenters. The van der Waals surface area contributed by atoms with Crippen molar-refractivity contribution in [2.45, 2.75) is 12.2 Å². The normalized spacial score (nSPS) is 26.3. The average molecular weight is 287 g/mol. The summed E-state index contributed by atoms with van der Waals surface area (Å²) in [5, 5.41) is 21.5. The van der Waals surface area contributed by atoms with Crippen molar-refractivity contribution in [3.8, 4) is 0 Å². The van der Waals surface area contributed by atoms with E-state index in [0.717, 1.165) is 12.1 Å². The van der Waals surface area contributed by atoms with Crippen LogP contribution in [0.4, 0.5) is 8.78 Å². The van der Waals surface area contributed by atoms with E-state index in [1.54, 1.807) is 0 Å². The van der Waals surface area contributed by atoms with Gasteiger partial charge in [-0.2, -0.15) is 0 Å². The van der Waals surface area contributed by atoms with Gasteiger partial charge in [-0.3, -0.25) is 4.79 Å². The lowest BCUT2D eigenvalue weighted by Gasteiger charge is -2.31. The Hall–Kier alpha value is -1.57. The second-order valence-electron chi connectivity index (χ2n) is 4.67. The number of halogens is 2. The molecule has 1 fully saturated rings. The van der Waals surface area contributed by atoms with Crippen LogP contribution in [0.5, 0.6) is 0 Å². The topological polar surface area (TPSA) is 78.8 Å². The molecular weight excluding hydrogens is 272 g/mol. The highest BCUT2D eigenvalue weighted by Crippen LogP contribution is 2.15. The highest BCUT2D eigenvalue weighted by molar-refractivity contribution is 5.94. The Morgan fingerprint density at radius 1 is 1.35 bits per heavy atom. The van der Waals surface area contributed by atoms with Gasteiger partial charge in [-0.15, -0.1) is 0 Å². The summed E-state index contributed by atoms with van der Waals surface area (Å²) in [6, 6.07) is 3.31. The summed E-state index contributed by atoms with van der Waals surface area (Å²) in [6.45, 7) is 0.196. The quantitative estimate of drug-likeness (QED) is 0.735. The Morgan fingerprint density at radius 3 is 2.85 bits per heavy atom. The first-order valence-corrected chi connectivity index (χ1v) is 6.16. The molecule has 1 aliphatic heterocycles. The number of hydrogen-bond acceptors (Lipinski definition) is 4. The Bertz CT molecular complexity index is 497. The Morgan fingerprint density at radius 2 is 2.10 bits per heavy atom. The van der Waals surface area contributed by atoms with Crippen molar-refractivity contribution in [2.75, 3.05) is 19.8 Å². The fourth-order valence-corrected chi connectivity index (χ4v) is 2.03. The Balaban J connectivity index is 1.97. The van der Waals surface area contributed by atoms with Crippen LogP contribution in [-0.2, 0) is 4.74 Å². The number of carbonyl (C=O) groups is 1. The summed E-state index contributed by atoms with van der Waals surface area (Å²) >= 11 is 0. The van der Waals surface area contributed by atoms with Gasteiger partial charge in [0, 0.05) is 12.5 Å². The van der Waals surface area contributed by atoms with Gasteiger partial charge in [-0.1, -0.05) is 6.07 Å². The van der Waals surface area contributed by atoms with Crippen LogP contribution in [0.3, 0.4) is 0 Å². The second-order valence-corrected chi connectivity index (χ2v) is 4.67. The molecule has 0 aliphatic carbocycles. The molecule has 0 radical (unpaired) electrons. The first-order valence-electron chi connectivity index (χ1n) is 6.16. The number of hydrogen-bond donors (Lipinski definition) is 3. The van der Waals surface area contributed by atoms with E-state index < -0.39 is 41.2 Å². The maximum absolute atomic E-state index is 13.4. The number of benzene rings is 1. The van der Waals surface area contributed by atoms with Crippen LogP contribution in [0, 0.1) is 17.6 Å². The number of amides is 1. The molecule has 3 atom stereocenters. The van der Waals surface area contributed by atoms with Crippen LogP contribution in [0.1, 0.15) is 10.4 Å². The van der Waals surface area contributed by atoms with Crippen LogP contribution in [-0.4, -0.2) is 48.1 Å². The lowest BCUT2D eigenvalue weighted by atomic mass is 9.96. The summed E-state index contributed by atoms with van der Waals surface area (Å²) in [4.78, 5) is 11.7. The molecule has 1 heterocycles. The highest BCUT2D eigenvalue weighted by Gasteiger charge is 2.31. The van der Waals surface area contributed by atoms with Crippen LogP contribution >= 0.6 is 0 Å². The molecule has 1 aromatic rings. The maximum atomic E-state index is 13.4. The van der Waals surface area contributed by atoms with E-state index in [2.05, 4.69) is 5.32 Å². The van der Waals surface area contributed by atoms with Crippen molar-refractivity contribution >= 4 is 5.91 Å². The zero-order chi connectivity index (χ0) is 14.7. The van der Waals surface area contributed by atoms with Gasteiger partial charge < -0.3 is 20.3 Å². The van der Waals surface area contributed by atoms with E-state index in [9.17, 15) is 23.8 Å². The maximum Gasteiger partial charge on any atom is 0.254 e. The molecule has 2 rings (SSSR count). The van der Waals surface area contributed by atoms with Crippen molar-refractivity contribution in [3.63, 3.8) is 0 Å². The fraction of sp³-hybridized carbons (Fsp3) is 0.462. The largest absolute Gasteiger partial charge is 0.390 e. The van der Waals surface area contributed by atoms with Gasteiger partial charge in [0.15, 0.2) is 11.6 Å². The molecule has 5 nitrogen and oxygen atoms in total. The number of carbonyl (C=O) groups excluding carboxylic acids is 1. The molecule has 1 saturated heterocycles. The molecule has 7 heteroatoms. The minimum absolute atomic E-state index is 0.00693. The summed E-state index contributed by atoms with van der Waals surface area (Å²) in [5.74, 6) is -3.60. The summed E-state index contributed by atoms with van der Waals surface area (Å²) in [5.41, 5.74) is -0.406. The minimum Gasteiger partial charge on any atom is -0.390 e. The Labute approximate surface area is 114 Å². The monoisotopic (exact) mass is 287 g/mol. The van der Waals surface area contributed by atoms with Crippen molar-refractivity contribution in [1.82, 2.24) is 5.32 Å². The summed E-state index contributed by atoms with van der Waals surface area (Å²) in [6.07, 6.45) is -2.04. The lowest BCUT2D eigenvalue weighted by molar-refractivity contribution is -0.118. The van der Waals surface area contributed by atoms with Gasteiger partial charge in [0.2, 0.25) is 0 Å². The SMILES string of the molecule is O=C(NC[C@@H]1COC[C@@H](O)[C@H]1O)c1cccc(F)c1F. The highest BCUT2D eigenvalue weighted by atomic mass is 19.2. The average Bonchev–Trinajstić information content (AvgIpc) is 2.43. The standard InChI is InChI=1S/C13H15F2NO4/c14-9-3-1-2-8(11(9)15)13(19)16-4-7-5-20-6-10(17)12(7)18/h1-3,7,10,12,17-18H,4-6H2,(H,16,19)/t7-,10-,12+/m1/s1. The fourth-order valence-electron chi connectivity index (χ4n) is 2.03. The van der Waals surface area contributed by atoms with Gasteiger partial charge in [0.25, 0.3) is 5.91 Å². The molecule has 1 aliphatic rings. The molecular formula is C13H15F2NO4. The van der Waals surface area contributed by atoms with Crippen LogP contribution < -0.4 is 5.32 Å². The number of aliphatic hydroxyl groups is 2. The predicted molar refractivity (Wildman–Crippen MR) is 65.0 cm³/mol. The van der Waals surface area contributed by atoms with E-state index in [4.69, 9.17) is 4.74 Å². The van der Waals surface area contributed by atoms with Crippen LogP contribution in [0.25, 0.3) is 0 Å². The van der Waals surface area contributed by atoms with Crippen molar-refractivity contribution < 1.29 is 28.5 Å². The molecule has 1 aromatic carbocycles. The van der Waals surface area contributed by atoms with E-state index >= 15 is 0 Å². The van der Waals surface area contributed by atoms with Gasteiger partial charge in [0.05, 0.1) is 24.9 Å². The van der Waals surface area contributed by atoms with Crippen molar-refractivity contribution in [3.05, 3.63) is 35.4 Å². The smallest absolute Gasteiger partial charge is 0.254 e.